The van der Waals surface area contributed by atoms with E-state index in [-0.39, 0.29) is 29.4 Å². The van der Waals surface area contributed by atoms with Crippen LogP contribution in [0, 0.1) is 0 Å². The van der Waals surface area contributed by atoms with Gasteiger partial charge in [-0.15, -0.1) is 0 Å². The highest BCUT2D eigenvalue weighted by molar-refractivity contribution is 6.04. The van der Waals surface area contributed by atoms with Gasteiger partial charge < -0.3 is 15.4 Å². The second-order valence-electron chi connectivity index (χ2n) is 12.7. The van der Waals surface area contributed by atoms with Crippen molar-refractivity contribution in [2.45, 2.75) is 95.5 Å². The van der Waals surface area contributed by atoms with Crippen LogP contribution in [0.25, 0.3) is 0 Å². The monoisotopic (exact) mass is 568 g/mol. The van der Waals surface area contributed by atoms with Gasteiger partial charge in [0.05, 0.1) is 18.8 Å². The number of amides is 2. The summed E-state index contributed by atoms with van der Waals surface area (Å²) in [5.41, 5.74) is 3.61. The Morgan fingerprint density at radius 2 is 1.74 bits per heavy atom. The fourth-order valence-electron chi connectivity index (χ4n) is 5.98. The van der Waals surface area contributed by atoms with Crippen molar-refractivity contribution in [3.8, 4) is 0 Å². The van der Waals surface area contributed by atoms with Crippen molar-refractivity contribution in [3.05, 3.63) is 95.8 Å². The van der Waals surface area contributed by atoms with Crippen molar-refractivity contribution < 1.29 is 14.3 Å². The molecular weight excluding hydrogens is 524 g/mol. The van der Waals surface area contributed by atoms with Gasteiger partial charge >= 0.3 is 0 Å². The number of benzene rings is 2. The summed E-state index contributed by atoms with van der Waals surface area (Å²) in [5.74, 6) is -0.310. The molecule has 3 aromatic rings. The topological polar surface area (TPSA) is 83.6 Å². The Bertz CT molecular complexity index is 1300. The summed E-state index contributed by atoms with van der Waals surface area (Å²) in [6.45, 7) is 7.57. The molecule has 1 aliphatic heterocycles. The van der Waals surface area contributed by atoms with Crippen LogP contribution < -0.4 is 15.5 Å². The minimum absolute atomic E-state index is 0.0369. The van der Waals surface area contributed by atoms with Crippen molar-refractivity contribution in [3.63, 3.8) is 0 Å². The molecule has 0 spiro atoms. The number of rotatable bonds is 9. The van der Waals surface area contributed by atoms with Gasteiger partial charge in [-0.2, -0.15) is 0 Å². The van der Waals surface area contributed by atoms with E-state index in [0.29, 0.717) is 30.8 Å². The number of carbonyl (C=O) groups excluding carboxylic acids is 2. The van der Waals surface area contributed by atoms with E-state index in [1.54, 1.807) is 17.3 Å². The molecule has 0 radical (unpaired) electrons. The molecule has 1 saturated carbocycles. The van der Waals surface area contributed by atoms with Crippen LogP contribution in [0.5, 0.6) is 0 Å². The fraction of sp³-hybridized carbons (Fsp3) is 0.457. The van der Waals surface area contributed by atoms with E-state index in [1.807, 2.05) is 54.6 Å². The Morgan fingerprint density at radius 3 is 2.40 bits per heavy atom. The van der Waals surface area contributed by atoms with Gasteiger partial charge in [0.25, 0.3) is 0 Å². The first-order chi connectivity index (χ1) is 20.3. The van der Waals surface area contributed by atoms with Gasteiger partial charge in [-0.05, 0) is 54.0 Å². The predicted molar refractivity (Wildman–Crippen MR) is 166 cm³/mol. The lowest BCUT2D eigenvalue weighted by Crippen LogP contribution is -2.51. The van der Waals surface area contributed by atoms with Crippen LogP contribution in [-0.2, 0) is 26.3 Å². The maximum Gasteiger partial charge on any atom is 0.248 e. The fourth-order valence-corrected chi connectivity index (χ4v) is 5.98. The Morgan fingerprint density at radius 1 is 1.00 bits per heavy atom. The van der Waals surface area contributed by atoms with Gasteiger partial charge in [0, 0.05) is 36.2 Å². The third-order valence-electron chi connectivity index (χ3n) is 8.42. The molecule has 2 aliphatic rings. The first-order valence-corrected chi connectivity index (χ1v) is 15.3. The Balaban J connectivity index is 1.44. The molecule has 2 aromatic carbocycles. The molecular formula is C35H44N4O3. The molecule has 5 rings (SSSR count). The number of nitrogens with one attached hydrogen (secondary N) is 2. The zero-order valence-electron chi connectivity index (χ0n) is 25.1. The summed E-state index contributed by atoms with van der Waals surface area (Å²) in [5, 5.41) is 6.68. The number of ether oxygens (including phenoxy) is 1. The molecule has 7 nitrogen and oxygen atoms in total. The summed E-state index contributed by atoms with van der Waals surface area (Å²) in [4.78, 5) is 34.6. The molecule has 3 atom stereocenters. The Kier molecular flexibility index (Phi) is 9.70. The second-order valence-corrected chi connectivity index (χ2v) is 12.7. The van der Waals surface area contributed by atoms with Gasteiger partial charge in [-0.3, -0.25) is 19.5 Å². The lowest BCUT2D eigenvalue weighted by molar-refractivity contribution is -0.128. The number of carbonyl (C=O) groups is 2. The number of pyridine rings is 1. The number of hydrogen-bond acceptors (Lipinski definition) is 5. The molecule has 1 unspecified atom stereocenters. The maximum absolute atomic E-state index is 14.5. The van der Waals surface area contributed by atoms with Crippen molar-refractivity contribution >= 4 is 17.5 Å². The summed E-state index contributed by atoms with van der Waals surface area (Å²) in [6, 6.07) is 20.6. The smallest absolute Gasteiger partial charge is 0.248 e. The molecule has 42 heavy (non-hydrogen) atoms. The van der Waals surface area contributed by atoms with E-state index in [9.17, 15) is 9.59 Å². The van der Waals surface area contributed by atoms with Crippen LogP contribution in [0.1, 0.15) is 82.0 Å². The Hall–Kier alpha value is -3.55. The largest absolute Gasteiger partial charge is 0.372 e. The van der Waals surface area contributed by atoms with Crippen LogP contribution in [0.4, 0.5) is 5.69 Å². The van der Waals surface area contributed by atoms with Crippen molar-refractivity contribution in [2.24, 2.45) is 0 Å². The minimum atomic E-state index is -0.847. The summed E-state index contributed by atoms with van der Waals surface area (Å²) < 4.78 is 6.18. The molecule has 1 saturated heterocycles. The molecule has 222 valence electrons. The van der Waals surface area contributed by atoms with Crippen LogP contribution in [-0.4, -0.2) is 41.5 Å². The average Bonchev–Trinajstić information content (AvgIpc) is 3.49. The quantitative estimate of drug-likeness (QED) is 0.338. The van der Waals surface area contributed by atoms with Crippen molar-refractivity contribution in [1.29, 1.82) is 0 Å². The third kappa shape index (κ3) is 7.44. The predicted octanol–water partition coefficient (Wildman–Crippen LogP) is 5.85. The number of hydrogen-bond donors (Lipinski definition) is 2. The van der Waals surface area contributed by atoms with Gasteiger partial charge in [0.15, 0.2) is 0 Å². The average molecular weight is 569 g/mol. The van der Waals surface area contributed by atoms with E-state index in [4.69, 9.17) is 4.74 Å². The summed E-state index contributed by atoms with van der Waals surface area (Å²) >= 11 is 0. The lowest BCUT2D eigenvalue weighted by atomic mass is 9.87. The second kappa shape index (κ2) is 13.6. The zero-order valence-corrected chi connectivity index (χ0v) is 25.1. The standard InChI is InChI=1S/C35H44N4O3/c1-35(2,3)27-16-18-29(19-17-27)39(34(41)31-21-30(23-37-31)42-24-25-11-6-4-7-12-25)32(26-13-10-20-36-22-26)33(40)38-28-14-8-5-9-15-28/h4,6-7,10-13,16-20,22,28,30-32,37H,5,8-9,14-15,21,23-24H2,1-3H3,(H,38,40)/t30-,31+,32?/m0/s1. The van der Waals surface area contributed by atoms with Crippen molar-refractivity contribution in [2.75, 3.05) is 11.4 Å². The van der Waals surface area contributed by atoms with E-state index in [1.165, 1.54) is 6.42 Å². The molecule has 2 fully saturated rings. The van der Waals surface area contributed by atoms with E-state index < -0.39 is 12.1 Å². The first-order valence-electron chi connectivity index (χ1n) is 15.3. The molecule has 1 aromatic heterocycles. The molecule has 7 heteroatoms. The molecule has 0 bridgehead atoms. The Labute approximate surface area is 250 Å². The van der Waals surface area contributed by atoms with Gasteiger partial charge in [0.2, 0.25) is 11.8 Å². The van der Waals surface area contributed by atoms with Crippen LogP contribution >= 0.6 is 0 Å². The zero-order chi connectivity index (χ0) is 29.5. The van der Waals surface area contributed by atoms with Crippen molar-refractivity contribution in [1.82, 2.24) is 15.6 Å². The highest BCUT2D eigenvalue weighted by Gasteiger charge is 2.40. The SMILES string of the molecule is CC(C)(C)c1ccc(N(C(=O)[C@H]2C[C@H](OCc3ccccc3)CN2)C(C(=O)NC2CCCCC2)c2cccnc2)cc1. The number of aromatic nitrogens is 1. The molecule has 2 amide bonds. The van der Waals surface area contributed by atoms with Crippen LogP contribution in [0.3, 0.4) is 0 Å². The number of nitrogens with zero attached hydrogens (tertiary/aromatic N) is 2. The first kappa shape index (κ1) is 29.9. The minimum Gasteiger partial charge on any atom is -0.372 e. The highest BCUT2D eigenvalue weighted by Crippen LogP contribution is 2.33. The molecule has 2 N–H and O–H groups in total. The molecule has 1 aliphatic carbocycles. The van der Waals surface area contributed by atoms with Gasteiger partial charge in [0.1, 0.15) is 6.04 Å². The van der Waals surface area contributed by atoms with E-state index in [2.05, 4.69) is 48.5 Å². The number of anilines is 1. The summed E-state index contributed by atoms with van der Waals surface area (Å²) in [6.07, 6.45) is 9.16. The molecule has 2 heterocycles. The van der Waals surface area contributed by atoms with Gasteiger partial charge in [-0.25, -0.2) is 0 Å². The highest BCUT2D eigenvalue weighted by atomic mass is 16.5. The van der Waals surface area contributed by atoms with E-state index in [0.717, 1.165) is 36.8 Å². The van der Waals surface area contributed by atoms with Crippen LogP contribution in [0.2, 0.25) is 0 Å². The maximum atomic E-state index is 14.5. The normalized spacial score (nSPS) is 20.2. The van der Waals surface area contributed by atoms with Crippen LogP contribution in [0.15, 0.2) is 79.1 Å². The van der Waals surface area contributed by atoms with E-state index >= 15 is 0 Å². The lowest BCUT2D eigenvalue weighted by Gasteiger charge is -2.35. The third-order valence-corrected chi connectivity index (χ3v) is 8.42. The van der Waals surface area contributed by atoms with Gasteiger partial charge in [-0.1, -0.05) is 88.6 Å². The summed E-state index contributed by atoms with van der Waals surface area (Å²) in [7, 11) is 0.